The SMILES string of the molecule is COC(=O)CC(C=O)C(c1cn(C2CCNCC2)cn1)N1CCNCC1. The van der Waals surface area contributed by atoms with E-state index in [0.717, 1.165) is 64.1 Å². The molecule has 0 radical (unpaired) electrons. The summed E-state index contributed by atoms with van der Waals surface area (Å²) in [6, 6.07) is 0.244. The van der Waals surface area contributed by atoms with E-state index in [0.29, 0.717) is 6.04 Å². The van der Waals surface area contributed by atoms with Crippen LogP contribution in [-0.2, 0) is 14.3 Å². The van der Waals surface area contributed by atoms with Crippen molar-refractivity contribution >= 4 is 12.3 Å². The molecule has 144 valence electrons. The summed E-state index contributed by atoms with van der Waals surface area (Å²) in [4.78, 5) is 30.5. The lowest BCUT2D eigenvalue weighted by Gasteiger charge is -2.36. The third-order valence-electron chi connectivity index (χ3n) is 5.41. The molecule has 8 heteroatoms. The zero-order chi connectivity index (χ0) is 18.4. The van der Waals surface area contributed by atoms with Crippen LogP contribution in [0.4, 0.5) is 0 Å². The number of nitrogens with zero attached hydrogens (tertiary/aromatic N) is 3. The summed E-state index contributed by atoms with van der Waals surface area (Å²) in [5, 5.41) is 6.71. The number of carbonyl (C=O) groups is 2. The van der Waals surface area contributed by atoms with Crippen molar-refractivity contribution in [3.63, 3.8) is 0 Å². The maximum Gasteiger partial charge on any atom is 0.306 e. The summed E-state index contributed by atoms with van der Waals surface area (Å²) >= 11 is 0. The lowest BCUT2D eigenvalue weighted by atomic mass is 9.93. The van der Waals surface area contributed by atoms with Gasteiger partial charge in [-0.3, -0.25) is 9.69 Å². The monoisotopic (exact) mass is 363 g/mol. The second-order valence-corrected chi connectivity index (χ2v) is 7.04. The predicted octanol–water partition coefficient (Wildman–Crippen LogP) is 0.132. The Labute approximate surface area is 154 Å². The van der Waals surface area contributed by atoms with E-state index in [1.54, 1.807) is 0 Å². The number of hydrogen-bond donors (Lipinski definition) is 2. The molecule has 0 spiro atoms. The van der Waals surface area contributed by atoms with Crippen LogP contribution in [0, 0.1) is 5.92 Å². The molecule has 0 aliphatic carbocycles. The molecule has 1 aromatic rings. The lowest BCUT2D eigenvalue weighted by molar-refractivity contribution is -0.143. The average molecular weight is 363 g/mol. The van der Waals surface area contributed by atoms with Gasteiger partial charge in [-0.15, -0.1) is 0 Å². The van der Waals surface area contributed by atoms with Crippen LogP contribution in [0.15, 0.2) is 12.5 Å². The van der Waals surface area contributed by atoms with Crippen molar-refractivity contribution in [3.05, 3.63) is 18.2 Å². The van der Waals surface area contributed by atoms with Gasteiger partial charge in [-0.1, -0.05) is 0 Å². The van der Waals surface area contributed by atoms with Gasteiger partial charge < -0.3 is 24.7 Å². The molecule has 0 bridgehead atoms. The zero-order valence-corrected chi connectivity index (χ0v) is 15.4. The van der Waals surface area contributed by atoms with Gasteiger partial charge >= 0.3 is 5.97 Å². The molecule has 0 saturated carbocycles. The van der Waals surface area contributed by atoms with Crippen molar-refractivity contribution in [2.75, 3.05) is 46.4 Å². The fraction of sp³-hybridized carbons (Fsp3) is 0.722. The largest absolute Gasteiger partial charge is 0.469 e. The predicted molar refractivity (Wildman–Crippen MR) is 96.7 cm³/mol. The number of aromatic nitrogens is 2. The summed E-state index contributed by atoms with van der Waals surface area (Å²) in [7, 11) is 1.36. The van der Waals surface area contributed by atoms with E-state index in [1.807, 2.05) is 6.33 Å². The minimum absolute atomic E-state index is 0.0782. The van der Waals surface area contributed by atoms with Crippen LogP contribution in [0.1, 0.15) is 37.0 Å². The number of ether oxygens (including phenoxy) is 1. The Hall–Kier alpha value is -1.77. The van der Waals surface area contributed by atoms with E-state index in [4.69, 9.17) is 4.74 Å². The van der Waals surface area contributed by atoms with Crippen LogP contribution < -0.4 is 10.6 Å². The van der Waals surface area contributed by atoms with Gasteiger partial charge in [-0.25, -0.2) is 4.98 Å². The van der Waals surface area contributed by atoms with E-state index in [9.17, 15) is 9.59 Å². The molecule has 1 aromatic heterocycles. The topological polar surface area (TPSA) is 88.5 Å². The van der Waals surface area contributed by atoms with Gasteiger partial charge in [0.05, 0.1) is 31.6 Å². The molecule has 2 N–H and O–H groups in total. The van der Waals surface area contributed by atoms with Crippen LogP contribution in [0.25, 0.3) is 0 Å². The smallest absolute Gasteiger partial charge is 0.306 e. The Morgan fingerprint density at radius 2 is 2.00 bits per heavy atom. The zero-order valence-electron chi connectivity index (χ0n) is 15.4. The Balaban J connectivity index is 1.83. The molecule has 2 fully saturated rings. The summed E-state index contributed by atoms with van der Waals surface area (Å²) in [6.07, 6.45) is 7.06. The minimum atomic E-state index is -0.461. The minimum Gasteiger partial charge on any atom is -0.469 e. The second kappa shape index (κ2) is 9.25. The summed E-state index contributed by atoms with van der Waals surface area (Å²) in [5.41, 5.74) is 0.867. The quantitative estimate of drug-likeness (QED) is 0.526. The molecule has 3 heterocycles. The van der Waals surface area contributed by atoms with Gasteiger partial charge in [-0.2, -0.15) is 0 Å². The Bertz CT molecular complexity index is 593. The first kappa shape index (κ1) is 19.0. The molecule has 0 aromatic carbocycles. The van der Waals surface area contributed by atoms with Gasteiger partial charge in [0, 0.05) is 44.3 Å². The van der Waals surface area contributed by atoms with Gasteiger partial charge in [0.1, 0.15) is 6.29 Å². The highest BCUT2D eigenvalue weighted by molar-refractivity contribution is 5.74. The maximum absolute atomic E-state index is 11.8. The summed E-state index contributed by atoms with van der Waals surface area (Å²) in [5.74, 6) is -0.822. The number of methoxy groups -OCH3 is 1. The Morgan fingerprint density at radius 1 is 1.31 bits per heavy atom. The number of nitrogens with one attached hydrogen (secondary N) is 2. The molecule has 2 aliphatic rings. The van der Waals surface area contributed by atoms with E-state index < -0.39 is 5.92 Å². The third-order valence-corrected chi connectivity index (χ3v) is 5.41. The van der Waals surface area contributed by atoms with Crippen LogP contribution >= 0.6 is 0 Å². The first-order valence-electron chi connectivity index (χ1n) is 9.44. The van der Waals surface area contributed by atoms with Crippen molar-refractivity contribution in [1.82, 2.24) is 25.1 Å². The van der Waals surface area contributed by atoms with Crippen LogP contribution in [0.3, 0.4) is 0 Å². The van der Waals surface area contributed by atoms with Gasteiger partial charge in [-0.05, 0) is 25.9 Å². The standard InChI is InChI=1S/C18H29N5O3/c1-26-17(25)10-14(12-24)18(22-8-6-20-7-9-22)16-11-23(13-21-16)15-2-4-19-5-3-15/h11-15,18-20H,2-10H2,1H3. The molecular formula is C18H29N5O3. The number of carbonyl (C=O) groups excluding carboxylic acids is 2. The molecule has 8 nitrogen and oxygen atoms in total. The van der Waals surface area contributed by atoms with Gasteiger partial charge in [0.2, 0.25) is 0 Å². The number of hydrogen-bond acceptors (Lipinski definition) is 7. The molecule has 2 saturated heterocycles. The van der Waals surface area contributed by atoms with Gasteiger partial charge in [0.15, 0.2) is 0 Å². The number of imidazole rings is 1. The van der Waals surface area contributed by atoms with Crippen LogP contribution in [-0.4, -0.2) is 73.1 Å². The molecular weight excluding hydrogens is 334 g/mol. The van der Waals surface area contributed by atoms with E-state index in [2.05, 4.69) is 31.3 Å². The molecule has 26 heavy (non-hydrogen) atoms. The lowest BCUT2D eigenvalue weighted by Crippen LogP contribution is -2.47. The van der Waals surface area contributed by atoms with E-state index in [-0.39, 0.29) is 18.4 Å². The molecule has 2 aliphatic heterocycles. The molecule has 3 rings (SSSR count). The summed E-state index contributed by atoms with van der Waals surface area (Å²) in [6.45, 7) is 5.43. The molecule has 2 atom stereocenters. The Kier molecular flexibility index (Phi) is 6.76. The fourth-order valence-corrected chi connectivity index (χ4v) is 3.96. The highest BCUT2D eigenvalue weighted by Gasteiger charge is 2.33. The first-order chi connectivity index (χ1) is 12.7. The number of piperazine rings is 1. The molecule has 2 unspecified atom stereocenters. The number of rotatable bonds is 7. The normalized spacial score (nSPS) is 21.9. The second-order valence-electron chi connectivity index (χ2n) is 7.04. The van der Waals surface area contributed by atoms with E-state index in [1.165, 1.54) is 7.11 Å². The average Bonchev–Trinajstić information content (AvgIpc) is 3.18. The third kappa shape index (κ3) is 4.49. The molecule has 0 amide bonds. The maximum atomic E-state index is 11.8. The number of esters is 1. The van der Waals surface area contributed by atoms with Gasteiger partial charge in [0.25, 0.3) is 0 Å². The highest BCUT2D eigenvalue weighted by atomic mass is 16.5. The van der Waals surface area contributed by atoms with Crippen molar-refractivity contribution in [2.24, 2.45) is 5.92 Å². The van der Waals surface area contributed by atoms with E-state index >= 15 is 0 Å². The fourth-order valence-electron chi connectivity index (χ4n) is 3.96. The van der Waals surface area contributed by atoms with Crippen molar-refractivity contribution < 1.29 is 14.3 Å². The summed E-state index contributed by atoms with van der Waals surface area (Å²) < 4.78 is 6.97. The van der Waals surface area contributed by atoms with Crippen LogP contribution in [0.5, 0.6) is 0 Å². The highest BCUT2D eigenvalue weighted by Crippen LogP contribution is 2.31. The van der Waals surface area contributed by atoms with Crippen LogP contribution in [0.2, 0.25) is 0 Å². The number of piperidine rings is 1. The van der Waals surface area contributed by atoms with Crippen molar-refractivity contribution in [2.45, 2.75) is 31.3 Å². The van der Waals surface area contributed by atoms with Crippen molar-refractivity contribution in [1.29, 1.82) is 0 Å². The first-order valence-corrected chi connectivity index (χ1v) is 9.44. The van der Waals surface area contributed by atoms with Crippen molar-refractivity contribution in [3.8, 4) is 0 Å². The number of aldehydes is 1. The Morgan fingerprint density at radius 3 is 2.65 bits per heavy atom.